The standard InChI is InChI=1S/C15H26N2O/c18-15(12-6-4-2-1-3-5-7-12)17-9-8-13-10-16-11-14(13)17/h12-14,16H,1-11H2/t13-,14+/m0/s1. The van der Waals surface area contributed by atoms with Crippen molar-refractivity contribution in [3.63, 3.8) is 0 Å². The van der Waals surface area contributed by atoms with Crippen molar-refractivity contribution in [2.24, 2.45) is 11.8 Å². The van der Waals surface area contributed by atoms with Crippen LogP contribution in [-0.2, 0) is 4.79 Å². The second-order valence-electron chi connectivity index (χ2n) is 6.35. The van der Waals surface area contributed by atoms with Gasteiger partial charge in [-0.25, -0.2) is 0 Å². The summed E-state index contributed by atoms with van der Waals surface area (Å²) in [6.45, 7) is 3.18. The van der Waals surface area contributed by atoms with Gasteiger partial charge in [-0.1, -0.05) is 32.1 Å². The van der Waals surface area contributed by atoms with E-state index in [1.165, 1.54) is 38.5 Å². The van der Waals surface area contributed by atoms with Crippen LogP contribution in [0.25, 0.3) is 0 Å². The van der Waals surface area contributed by atoms with Crippen LogP contribution in [0.5, 0.6) is 0 Å². The van der Waals surface area contributed by atoms with Gasteiger partial charge in [-0.2, -0.15) is 0 Å². The molecule has 102 valence electrons. The number of amides is 1. The molecule has 0 aromatic carbocycles. The maximum Gasteiger partial charge on any atom is 0.225 e. The summed E-state index contributed by atoms with van der Waals surface area (Å²) in [7, 11) is 0. The Bertz CT molecular complexity index is 297. The van der Waals surface area contributed by atoms with Gasteiger partial charge in [-0.05, 0) is 25.2 Å². The summed E-state index contributed by atoms with van der Waals surface area (Å²) < 4.78 is 0. The molecule has 3 aliphatic rings. The van der Waals surface area contributed by atoms with Crippen molar-refractivity contribution in [3.8, 4) is 0 Å². The van der Waals surface area contributed by atoms with E-state index in [4.69, 9.17) is 0 Å². The summed E-state index contributed by atoms with van der Waals surface area (Å²) in [6.07, 6.45) is 10.1. The molecule has 3 nitrogen and oxygen atoms in total. The van der Waals surface area contributed by atoms with Gasteiger partial charge in [0.05, 0.1) is 0 Å². The fraction of sp³-hybridized carbons (Fsp3) is 0.933. The van der Waals surface area contributed by atoms with E-state index in [1.807, 2.05) is 0 Å². The Morgan fingerprint density at radius 2 is 1.67 bits per heavy atom. The summed E-state index contributed by atoms with van der Waals surface area (Å²) in [5.41, 5.74) is 0. The molecule has 2 saturated heterocycles. The van der Waals surface area contributed by atoms with Gasteiger partial charge in [-0.15, -0.1) is 0 Å². The maximum absolute atomic E-state index is 12.7. The quantitative estimate of drug-likeness (QED) is 0.773. The third-order valence-electron chi connectivity index (χ3n) is 5.18. The van der Waals surface area contributed by atoms with E-state index in [0.29, 0.717) is 17.9 Å². The van der Waals surface area contributed by atoms with E-state index in [9.17, 15) is 4.79 Å². The topological polar surface area (TPSA) is 32.3 Å². The van der Waals surface area contributed by atoms with E-state index in [1.54, 1.807) is 0 Å². The second kappa shape index (κ2) is 5.60. The van der Waals surface area contributed by atoms with Crippen molar-refractivity contribution in [1.29, 1.82) is 0 Å². The molecule has 1 amide bonds. The first kappa shape index (κ1) is 12.5. The molecule has 0 spiro atoms. The molecule has 1 N–H and O–H groups in total. The maximum atomic E-state index is 12.7. The van der Waals surface area contributed by atoms with Gasteiger partial charge < -0.3 is 10.2 Å². The van der Waals surface area contributed by atoms with Crippen LogP contribution in [0.4, 0.5) is 0 Å². The van der Waals surface area contributed by atoms with Crippen molar-refractivity contribution < 1.29 is 4.79 Å². The molecule has 1 aliphatic carbocycles. The molecule has 3 rings (SSSR count). The van der Waals surface area contributed by atoms with Gasteiger partial charge >= 0.3 is 0 Å². The first-order valence-electron chi connectivity index (χ1n) is 7.87. The minimum atomic E-state index is 0.338. The number of fused-ring (bicyclic) bond motifs is 1. The number of hydrogen-bond acceptors (Lipinski definition) is 2. The highest BCUT2D eigenvalue weighted by atomic mass is 16.2. The van der Waals surface area contributed by atoms with Crippen molar-refractivity contribution in [2.75, 3.05) is 19.6 Å². The minimum absolute atomic E-state index is 0.338. The molecule has 0 aromatic heterocycles. The van der Waals surface area contributed by atoms with Crippen LogP contribution in [0, 0.1) is 11.8 Å². The zero-order chi connectivity index (χ0) is 12.4. The van der Waals surface area contributed by atoms with Crippen molar-refractivity contribution in [2.45, 2.75) is 57.4 Å². The monoisotopic (exact) mass is 250 g/mol. The Morgan fingerprint density at radius 1 is 0.944 bits per heavy atom. The van der Waals surface area contributed by atoms with Crippen LogP contribution in [0.3, 0.4) is 0 Å². The van der Waals surface area contributed by atoms with Crippen LogP contribution in [0.1, 0.15) is 51.4 Å². The number of carbonyl (C=O) groups excluding carboxylic acids is 1. The lowest BCUT2D eigenvalue weighted by atomic mass is 9.90. The first-order chi connectivity index (χ1) is 8.86. The summed E-state index contributed by atoms with van der Waals surface area (Å²) in [5.74, 6) is 1.56. The number of nitrogens with one attached hydrogen (secondary N) is 1. The molecular weight excluding hydrogens is 224 g/mol. The zero-order valence-electron chi connectivity index (χ0n) is 11.4. The second-order valence-corrected chi connectivity index (χ2v) is 6.35. The number of rotatable bonds is 1. The van der Waals surface area contributed by atoms with Crippen LogP contribution in [0.2, 0.25) is 0 Å². The van der Waals surface area contributed by atoms with E-state index in [0.717, 1.165) is 38.4 Å². The van der Waals surface area contributed by atoms with Crippen molar-refractivity contribution in [1.82, 2.24) is 10.2 Å². The van der Waals surface area contributed by atoms with E-state index in [2.05, 4.69) is 10.2 Å². The van der Waals surface area contributed by atoms with Gasteiger partial charge in [-0.3, -0.25) is 4.79 Å². The molecule has 2 aliphatic heterocycles. The Kier molecular flexibility index (Phi) is 3.88. The lowest BCUT2D eigenvalue weighted by Gasteiger charge is -2.29. The highest BCUT2D eigenvalue weighted by Gasteiger charge is 2.41. The largest absolute Gasteiger partial charge is 0.338 e. The SMILES string of the molecule is O=C(C1CCCCCCC1)N1CC[C@H]2CNC[C@H]21. The smallest absolute Gasteiger partial charge is 0.225 e. The third-order valence-corrected chi connectivity index (χ3v) is 5.18. The highest BCUT2D eigenvalue weighted by Crippen LogP contribution is 2.31. The summed E-state index contributed by atoms with van der Waals surface area (Å²) in [5, 5.41) is 3.44. The molecular formula is C15H26N2O. The predicted molar refractivity (Wildman–Crippen MR) is 72.3 cm³/mol. The van der Waals surface area contributed by atoms with Crippen LogP contribution in [-0.4, -0.2) is 36.5 Å². The minimum Gasteiger partial charge on any atom is -0.338 e. The van der Waals surface area contributed by atoms with Crippen LogP contribution < -0.4 is 5.32 Å². The third kappa shape index (κ3) is 2.42. The van der Waals surface area contributed by atoms with Crippen LogP contribution >= 0.6 is 0 Å². The van der Waals surface area contributed by atoms with Crippen molar-refractivity contribution >= 4 is 5.91 Å². The summed E-state index contributed by atoms with van der Waals surface area (Å²) in [6, 6.07) is 0.517. The predicted octanol–water partition coefficient (Wildman–Crippen LogP) is 2.17. The average molecular weight is 250 g/mol. The molecule has 18 heavy (non-hydrogen) atoms. The van der Waals surface area contributed by atoms with Crippen molar-refractivity contribution in [3.05, 3.63) is 0 Å². The lowest BCUT2D eigenvalue weighted by Crippen LogP contribution is -2.42. The number of carbonyl (C=O) groups is 1. The molecule has 0 aromatic rings. The molecule has 0 bridgehead atoms. The van der Waals surface area contributed by atoms with E-state index >= 15 is 0 Å². The fourth-order valence-electron chi connectivity index (χ4n) is 4.06. The Hall–Kier alpha value is -0.570. The molecule has 0 radical (unpaired) electrons. The van der Waals surface area contributed by atoms with Gasteiger partial charge in [0.1, 0.15) is 0 Å². The number of hydrogen-bond donors (Lipinski definition) is 1. The molecule has 0 unspecified atom stereocenters. The van der Waals surface area contributed by atoms with Crippen LogP contribution in [0.15, 0.2) is 0 Å². The molecule has 2 heterocycles. The molecule has 2 atom stereocenters. The number of likely N-dealkylation sites (tertiary alicyclic amines) is 1. The normalized spacial score (nSPS) is 34.1. The Labute approximate surface area is 110 Å². The average Bonchev–Trinajstić information content (AvgIpc) is 2.88. The molecule has 3 heteroatoms. The first-order valence-corrected chi connectivity index (χ1v) is 7.87. The highest BCUT2D eigenvalue weighted by molar-refractivity contribution is 5.79. The Balaban J connectivity index is 1.62. The van der Waals surface area contributed by atoms with Gasteiger partial charge in [0.25, 0.3) is 0 Å². The summed E-state index contributed by atoms with van der Waals surface area (Å²) >= 11 is 0. The van der Waals surface area contributed by atoms with Gasteiger partial charge in [0.2, 0.25) is 5.91 Å². The Morgan fingerprint density at radius 3 is 2.44 bits per heavy atom. The van der Waals surface area contributed by atoms with Gasteiger partial charge in [0.15, 0.2) is 0 Å². The fourth-order valence-corrected chi connectivity index (χ4v) is 4.06. The lowest BCUT2D eigenvalue weighted by molar-refractivity contribution is -0.137. The summed E-state index contributed by atoms with van der Waals surface area (Å²) in [4.78, 5) is 14.9. The molecule has 3 fully saturated rings. The van der Waals surface area contributed by atoms with E-state index in [-0.39, 0.29) is 0 Å². The number of nitrogens with zero attached hydrogens (tertiary/aromatic N) is 1. The van der Waals surface area contributed by atoms with Gasteiger partial charge in [0, 0.05) is 31.6 Å². The zero-order valence-corrected chi connectivity index (χ0v) is 11.4. The van der Waals surface area contributed by atoms with E-state index < -0.39 is 0 Å². The molecule has 1 saturated carbocycles.